The van der Waals surface area contributed by atoms with Gasteiger partial charge in [0, 0.05) is 23.9 Å². The van der Waals surface area contributed by atoms with Gasteiger partial charge in [0.2, 0.25) is 0 Å². The summed E-state index contributed by atoms with van der Waals surface area (Å²) in [6.07, 6.45) is 0.309. The molecule has 1 aromatic carbocycles. The van der Waals surface area contributed by atoms with Gasteiger partial charge in [0.1, 0.15) is 5.75 Å². The number of nitrogens with zero attached hydrogens (tertiary/aromatic N) is 2. The molecule has 2 heterocycles. The molecule has 136 valence electrons. The molecule has 1 aliphatic rings. The third-order valence-corrected chi connectivity index (χ3v) is 4.21. The van der Waals surface area contributed by atoms with Gasteiger partial charge < -0.3 is 19.5 Å². The number of carboxylic acid groups (broad SMARTS) is 1. The monoisotopic (exact) mass is 356 g/mol. The molecule has 1 aliphatic heterocycles. The zero-order valence-corrected chi connectivity index (χ0v) is 14.6. The fourth-order valence-electron chi connectivity index (χ4n) is 3.00. The molecule has 26 heavy (non-hydrogen) atoms. The van der Waals surface area contributed by atoms with Gasteiger partial charge in [-0.25, -0.2) is 4.79 Å². The minimum Gasteiger partial charge on any atom is -0.496 e. The van der Waals surface area contributed by atoms with Crippen LogP contribution in [0.15, 0.2) is 42.6 Å². The van der Waals surface area contributed by atoms with E-state index in [0.29, 0.717) is 29.1 Å². The standard InChI is InChI=1S/C19H20N2O5/c1-12-10-21(11-17(26-12)19(23)24)18(22)13-6-7-16(25-2)14(9-13)15-5-3-4-8-20-15/h3-9,12,17H,10-11H2,1-2H3,(H,23,24)/t12-,17?/m1/s1. The Morgan fingerprint density at radius 1 is 1.27 bits per heavy atom. The predicted molar refractivity (Wildman–Crippen MR) is 94.1 cm³/mol. The van der Waals surface area contributed by atoms with Gasteiger partial charge in [-0.05, 0) is 37.3 Å². The second kappa shape index (κ2) is 7.53. The quantitative estimate of drug-likeness (QED) is 0.902. The number of carbonyl (C=O) groups excluding carboxylic acids is 1. The fraction of sp³-hybridized carbons (Fsp3) is 0.316. The lowest BCUT2D eigenvalue weighted by Gasteiger charge is -2.35. The summed E-state index contributed by atoms with van der Waals surface area (Å²) in [4.78, 5) is 30.0. The van der Waals surface area contributed by atoms with Gasteiger partial charge in [-0.1, -0.05) is 6.07 Å². The first-order chi connectivity index (χ1) is 12.5. The molecule has 1 N–H and O–H groups in total. The molecule has 0 saturated carbocycles. The van der Waals surface area contributed by atoms with Crippen molar-refractivity contribution in [1.29, 1.82) is 0 Å². The number of hydrogen-bond acceptors (Lipinski definition) is 5. The summed E-state index contributed by atoms with van der Waals surface area (Å²) in [5.74, 6) is -0.705. The number of ether oxygens (including phenoxy) is 2. The Labute approximate surface area is 151 Å². The zero-order chi connectivity index (χ0) is 18.7. The maximum Gasteiger partial charge on any atom is 0.334 e. The van der Waals surface area contributed by atoms with Crippen LogP contribution in [0.5, 0.6) is 5.75 Å². The van der Waals surface area contributed by atoms with E-state index in [-0.39, 0.29) is 18.6 Å². The van der Waals surface area contributed by atoms with Crippen molar-refractivity contribution in [1.82, 2.24) is 9.88 Å². The number of aliphatic carboxylic acids is 1. The van der Waals surface area contributed by atoms with Crippen LogP contribution in [0.4, 0.5) is 0 Å². The van der Waals surface area contributed by atoms with E-state index in [1.54, 1.807) is 38.4 Å². The molecule has 0 bridgehead atoms. The SMILES string of the molecule is COc1ccc(C(=O)N2CC(C(=O)O)O[C@H](C)C2)cc1-c1ccccn1. The van der Waals surface area contributed by atoms with E-state index < -0.39 is 12.1 Å². The minimum atomic E-state index is -1.07. The number of rotatable bonds is 4. The predicted octanol–water partition coefficient (Wildman–Crippen LogP) is 2.07. The second-order valence-electron chi connectivity index (χ2n) is 6.11. The average Bonchev–Trinajstić information content (AvgIpc) is 2.67. The Balaban J connectivity index is 1.91. The summed E-state index contributed by atoms with van der Waals surface area (Å²) in [6, 6.07) is 10.6. The van der Waals surface area contributed by atoms with Crippen LogP contribution in [-0.4, -0.2) is 59.3 Å². The van der Waals surface area contributed by atoms with Crippen molar-refractivity contribution in [3.63, 3.8) is 0 Å². The number of amides is 1. The third-order valence-electron chi connectivity index (χ3n) is 4.21. The highest BCUT2D eigenvalue weighted by molar-refractivity contribution is 5.96. The molecule has 1 aromatic heterocycles. The van der Waals surface area contributed by atoms with Crippen molar-refractivity contribution in [2.45, 2.75) is 19.1 Å². The molecule has 1 saturated heterocycles. The van der Waals surface area contributed by atoms with Gasteiger partial charge in [-0.2, -0.15) is 0 Å². The minimum absolute atomic E-state index is 0.0173. The normalized spacial score (nSPS) is 19.8. The third kappa shape index (κ3) is 3.67. The van der Waals surface area contributed by atoms with Crippen molar-refractivity contribution < 1.29 is 24.2 Å². The Morgan fingerprint density at radius 2 is 2.08 bits per heavy atom. The summed E-state index contributed by atoms with van der Waals surface area (Å²) in [7, 11) is 1.56. The second-order valence-corrected chi connectivity index (χ2v) is 6.11. The molecule has 0 spiro atoms. The van der Waals surface area contributed by atoms with Crippen LogP contribution in [0.3, 0.4) is 0 Å². The summed E-state index contributed by atoms with van der Waals surface area (Å²) in [6.45, 7) is 2.11. The Hall–Kier alpha value is -2.93. The highest BCUT2D eigenvalue weighted by Crippen LogP contribution is 2.30. The highest BCUT2D eigenvalue weighted by atomic mass is 16.5. The lowest BCUT2D eigenvalue weighted by molar-refractivity contribution is -0.160. The van der Waals surface area contributed by atoms with Crippen molar-refractivity contribution in [2.75, 3.05) is 20.2 Å². The fourth-order valence-corrected chi connectivity index (χ4v) is 3.00. The molecule has 7 nitrogen and oxygen atoms in total. The molecule has 2 atom stereocenters. The number of aromatic nitrogens is 1. The van der Waals surface area contributed by atoms with Gasteiger partial charge >= 0.3 is 5.97 Å². The summed E-state index contributed by atoms with van der Waals surface area (Å²) < 4.78 is 10.8. The lowest BCUT2D eigenvalue weighted by atomic mass is 10.0. The molecule has 1 unspecified atom stereocenters. The van der Waals surface area contributed by atoms with Gasteiger partial charge in [-0.3, -0.25) is 9.78 Å². The van der Waals surface area contributed by atoms with Gasteiger partial charge in [-0.15, -0.1) is 0 Å². The lowest BCUT2D eigenvalue weighted by Crippen LogP contribution is -2.51. The van der Waals surface area contributed by atoms with Crippen LogP contribution in [-0.2, 0) is 9.53 Å². The first kappa shape index (κ1) is 17.9. The maximum atomic E-state index is 12.9. The molecule has 3 rings (SSSR count). The number of carbonyl (C=O) groups is 2. The Morgan fingerprint density at radius 3 is 2.73 bits per heavy atom. The van der Waals surface area contributed by atoms with Crippen LogP contribution >= 0.6 is 0 Å². The van der Waals surface area contributed by atoms with E-state index in [2.05, 4.69) is 4.98 Å². The van der Waals surface area contributed by atoms with E-state index in [9.17, 15) is 14.7 Å². The van der Waals surface area contributed by atoms with E-state index in [1.807, 2.05) is 18.2 Å². The van der Waals surface area contributed by atoms with E-state index >= 15 is 0 Å². The number of pyridine rings is 1. The number of benzene rings is 1. The smallest absolute Gasteiger partial charge is 0.334 e. The van der Waals surface area contributed by atoms with E-state index in [1.165, 1.54) is 4.90 Å². The largest absolute Gasteiger partial charge is 0.496 e. The molecular formula is C19H20N2O5. The molecule has 0 radical (unpaired) electrons. The Kier molecular flexibility index (Phi) is 5.18. The molecule has 0 aliphatic carbocycles. The summed E-state index contributed by atoms with van der Waals surface area (Å²) >= 11 is 0. The molecular weight excluding hydrogens is 336 g/mol. The van der Waals surface area contributed by atoms with Gasteiger partial charge in [0.15, 0.2) is 6.10 Å². The van der Waals surface area contributed by atoms with Crippen LogP contribution in [0.1, 0.15) is 17.3 Å². The van der Waals surface area contributed by atoms with Crippen molar-refractivity contribution in [3.8, 4) is 17.0 Å². The van der Waals surface area contributed by atoms with Gasteiger partial charge in [0.05, 0.1) is 25.5 Å². The molecule has 1 amide bonds. The molecule has 7 heteroatoms. The summed E-state index contributed by atoms with van der Waals surface area (Å²) in [5, 5.41) is 9.20. The van der Waals surface area contributed by atoms with E-state index in [4.69, 9.17) is 9.47 Å². The zero-order valence-electron chi connectivity index (χ0n) is 14.6. The topological polar surface area (TPSA) is 89.0 Å². The van der Waals surface area contributed by atoms with E-state index in [0.717, 1.165) is 0 Å². The number of morpholine rings is 1. The van der Waals surface area contributed by atoms with Crippen molar-refractivity contribution in [2.24, 2.45) is 0 Å². The van der Waals surface area contributed by atoms with Crippen LogP contribution < -0.4 is 4.74 Å². The highest BCUT2D eigenvalue weighted by Gasteiger charge is 2.33. The Bertz CT molecular complexity index is 809. The maximum absolute atomic E-state index is 12.9. The number of methoxy groups -OCH3 is 1. The van der Waals surface area contributed by atoms with Gasteiger partial charge in [0.25, 0.3) is 5.91 Å². The molecule has 2 aromatic rings. The van der Waals surface area contributed by atoms with Crippen LogP contribution in [0.2, 0.25) is 0 Å². The first-order valence-electron chi connectivity index (χ1n) is 8.26. The number of hydrogen-bond donors (Lipinski definition) is 1. The molecule has 1 fully saturated rings. The van der Waals surface area contributed by atoms with Crippen LogP contribution in [0, 0.1) is 0 Å². The number of carboxylic acids is 1. The average molecular weight is 356 g/mol. The van der Waals surface area contributed by atoms with Crippen molar-refractivity contribution >= 4 is 11.9 Å². The van der Waals surface area contributed by atoms with Crippen molar-refractivity contribution in [3.05, 3.63) is 48.2 Å². The first-order valence-corrected chi connectivity index (χ1v) is 8.26. The van der Waals surface area contributed by atoms with Crippen LogP contribution in [0.25, 0.3) is 11.3 Å². The summed E-state index contributed by atoms with van der Waals surface area (Å²) in [5.41, 5.74) is 1.84.